The van der Waals surface area contributed by atoms with Gasteiger partial charge in [0.25, 0.3) is 0 Å². The van der Waals surface area contributed by atoms with Crippen molar-refractivity contribution in [3.05, 3.63) is 0 Å². The number of carboxylic acids is 1. The van der Waals surface area contributed by atoms with Crippen molar-refractivity contribution < 1.29 is 9.90 Å². The van der Waals surface area contributed by atoms with Gasteiger partial charge in [0.1, 0.15) is 5.54 Å². The maximum atomic E-state index is 11.1. The predicted octanol–water partition coefficient (Wildman–Crippen LogP) is 2.41. The van der Waals surface area contributed by atoms with E-state index in [1.165, 1.54) is 12.8 Å². The SMILES string of the molecule is CCC(C)(NC1CCCC(C)C1)C(=O)O. The molecule has 0 heterocycles. The van der Waals surface area contributed by atoms with Gasteiger partial charge < -0.3 is 5.11 Å². The Hall–Kier alpha value is -0.570. The normalized spacial score (nSPS) is 30.9. The molecule has 0 aromatic carbocycles. The summed E-state index contributed by atoms with van der Waals surface area (Å²) < 4.78 is 0. The first-order valence-electron chi connectivity index (χ1n) is 5.99. The Morgan fingerprint density at radius 2 is 2.20 bits per heavy atom. The lowest BCUT2D eigenvalue weighted by molar-refractivity contribution is -0.144. The summed E-state index contributed by atoms with van der Waals surface area (Å²) in [7, 11) is 0. The van der Waals surface area contributed by atoms with Gasteiger partial charge in [0.05, 0.1) is 0 Å². The fourth-order valence-electron chi connectivity index (χ4n) is 2.33. The van der Waals surface area contributed by atoms with Crippen LogP contribution < -0.4 is 5.32 Å². The van der Waals surface area contributed by atoms with E-state index in [1.54, 1.807) is 6.92 Å². The molecular weight excluding hydrogens is 190 g/mol. The molecule has 1 aliphatic carbocycles. The van der Waals surface area contributed by atoms with Gasteiger partial charge in [-0.3, -0.25) is 10.1 Å². The Labute approximate surface area is 92.3 Å². The van der Waals surface area contributed by atoms with Gasteiger partial charge in [0.15, 0.2) is 0 Å². The summed E-state index contributed by atoms with van der Waals surface area (Å²) >= 11 is 0. The number of carbonyl (C=O) groups is 1. The lowest BCUT2D eigenvalue weighted by atomic mass is 9.85. The molecule has 88 valence electrons. The monoisotopic (exact) mass is 213 g/mol. The number of aliphatic carboxylic acids is 1. The van der Waals surface area contributed by atoms with E-state index in [2.05, 4.69) is 12.2 Å². The highest BCUT2D eigenvalue weighted by Crippen LogP contribution is 2.25. The summed E-state index contributed by atoms with van der Waals surface area (Å²) in [6.07, 6.45) is 5.37. The van der Waals surface area contributed by atoms with Gasteiger partial charge in [-0.25, -0.2) is 0 Å². The quantitative estimate of drug-likeness (QED) is 0.754. The van der Waals surface area contributed by atoms with Crippen molar-refractivity contribution >= 4 is 5.97 Å². The minimum Gasteiger partial charge on any atom is -0.480 e. The zero-order valence-electron chi connectivity index (χ0n) is 10.0. The molecule has 3 unspecified atom stereocenters. The molecule has 1 fully saturated rings. The van der Waals surface area contributed by atoms with Gasteiger partial charge in [-0.15, -0.1) is 0 Å². The molecule has 15 heavy (non-hydrogen) atoms. The highest BCUT2D eigenvalue weighted by atomic mass is 16.4. The van der Waals surface area contributed by atoms with Gasteiger partial charge in [-0.05, 0) is 32.1 Å². The van der Waals surface area contributed by atoms with E-state index in [4.69, 9.17) is 5.11 Å². The summed E-state index contributed by atoms with van der Waals surface area (Å²) in [5.41, 5.74) is -0.748. The Balaban J connectivity index is 2.54. The van der Waals surface area contributed by atoms with Crippen LogP contribution in [0, 0.1) is 5.92 Å². The number of nitrogens with one attached hydrogen (secondary N) is 1. The Bertz CT molecular complexity index is 230. The molecule has 0 radical (unpaired) electrons. The molecular formula is C12H23NO2. The Morgan fingerprint density at radius 1 is 1.53 bits per heavy atom. The van der Waals surface area contributed by atoms with E-state index in [1.807, 2.05) is 6.92 Å². The van der Waals surface area contributed by atoms with Crippen molar-refractivity contribution in [2.24, 2.45) is 5.92 Å². The predicted molar refractivity (Wildman–Crippen MR) is 60.9 cm³/mol. The highest BCUT2D eigenvalue weighted by Gasteiger charge is 2.34. The molecule has 2 N–H and O–H groups in total. The third-order valence-electron chi connectivity index (χ3n) is 3.64. The van der Waals surface area contributed by atoms with Crippen molar-refractivity contribution in [3.63, 3.8) is 0 Å². The number of hydrogen-bond acceptors (Lipinski definition) is 2. The molecule has 3 nitrogen and oxygen atoms in total. The molecule has 1 aliphatic rings. The molecule has 0 aliphatic heterocycles. The number of hydrogen-bond donors (Lipinski definition) is 2. The van der Waals surface area contributed by atoms with Gasteiger partial charge in [0.2, 0.25) is 0 Å². The zero-order chi connectivity index (χ0) is 11.5. The van der Waals surface area contributed by atoms with Crippen LogP contribution in [-0.4, -0.2) is 22.7 Å². The van der Waals surface area contributed by atoms with Crippen LogP contribution in [0.4, 0.5) is 0 Å². The maximum Gasteiger partial charge on any atom is 0.323 e. The molecule has 0 aromatic heterocycles. The lowest BCUT2D eigenvalue weighted by Gasteiger charge is -2.34. The fourth-order valence-corrected chi connectivity index (χ4v) is 2.33. The van der Waals surface area contributed by atoms with Crippen LogP contribution in [0.5, 0.6) is 0 Å². The summed E-state index contributed by atoms with van der Waals surface area (Å²) in [5.74, 6) is -0.00521. The standard InChI is InChI=1S/C12H23NO2/c1-4-12(3,11(14)15)13-10-7-5-6-9(2)8-10/h9-10,13H,4-8H2,1-3H3,(H,14,15). The van der Waals surface area contributed by atoms with Crippen LogP contribution in [0.15, 0.2) is 0 Å². The third-order valence-corrected chi connectivity index (χ3v) is 3.64. The summed E-state index contributed by atoms with van der Waals surface area (Å²) in [5, 5.41) is 12.5. The molecule has 3 heteroatoms. The average Bonchev–Trinajstić information content (AvgIpc) is 2.17. The van der Waals surface area contributed by atoms with E-state index >= 15 is 0 Å². The van der Waals surface area contributed by atoms with Crippen molar-refractivity contribution in [1.29, 1.82) is 0 Å². The van der Waals surface area contributed by atoms with Crippen molar-refractivity contribution in [2.45, 2.75) is 64.5 Å². The van der Waals surface area contributed by atoms with Crippen LogP contribution in [-0.2, 0) is 4.79 Å². The Kier molecular flexibility index (Phi) is 4.14. The molecule has 0 bridgehead atoms. The second-order valence-corrected chi connectivity index (χ2v) is 5.10. The minimum atomic E-state index is -0.748. The zero-order valence-corrected chi connectivity index (χ0v) is 10.0. The van der Waals surface area contributed by atoms with Crippen molar-refractivity contribution in [3.8, 4) is 0 Å². The van der Waals surface area contributed by atoms with E-state index in [0.717, 1.165) is 18.8 Å². The largest absolute Gasteiger partial charge is 0.480 e. The minimum absolute atomic E-state index is 0.384. The van der Waals surface area contributed by atoms with E-state index in [9.17, 15) is 4.79 Å². The summed E-state index contributed by atoms with van der Waals surface area (Å²) in [6, 6.07) is 0.384. The van der Waals surface area contributed by atoms with Crippen LogP contribution >= 0.6 is 0 Å². The molecule has 0 amide bonds. The topological polar surface area (TPSA) is 49.3 Å². The lowest BCUT2D eigenvalue weighted by Crippen LogP contribution is -2.54. The second kappa shape index (κ2) is 4.97. The number of rotatable bonds is 4. The first-order chi connectivity index (χ1) is 6.98. The molecule has 1 saturated carbocycles. The van der Waals surface area contributed by atoms with Crippen LogP contribution in [0.2, 0.25) is 0 Å². The summed E-state index contributed by atoms with van der Waals surface area (Å²) in [6.45, 7) is 5.96. The summed E-state index contributed by atoms with van der Waals surface area (Å²) in [4.78, 5) is 11.1. The smallest absolute Gasteiger partial charge is 0.323 e. The van der Waals surface area contributed by atoms with Gasteiger partial charge >= 0.3 is 5.97 Å². The first-order valence-corrected chi connectivity index (χ1v) is 5.99. The van der Waals surface area contributed by atoms with E-state index in [-0.39, 0.29) is 0 Å². The van der Waals surface area contributed by atoms with Crippen molar-refractivity contribution in [1.82, 2.24) is 5.32 Å². The third kappa shape index (κ3) is 3.20. The second-order valence-electron chi connectivity index (χ2n) is 5.10. The van der Waals surface area contributed by atoms with E-state index in [0.29, 0.717) is 12.5 Å². The van der Waals surface area contributed by atoms with Gasteiger partial charge in [-0.1, -0.05) is 26.7 Å². The molecule has 0 saturated heterocycles. The van der Waals surface area contributed by atoms with Crippen LogP contribution in [0.1, 0.15) is 52.9 Å². The molecule has 0 spiro atoms. The fraction of sp³-hybridized carbons (Fsp3) is 0.917. The molecule has 3 atom stereocenters. The first kappa shape index (κ1) is 12.5. The maximum absolute atomic E-state index is 11.1. The molecule has 0 aromatic rings. The van der Waals surface area contributed by atoms with E-state index < -0.39 is 11.5 Å². The number of carboxylic acid groups (broad SMARTS) is 1. The Morgan fingerprint density at radius 3 is 2.67 bits per heavy atom. The van der Waals surface area contributed by atoms with Gasteiger partial charge in [0, 0.05) is 6.04 Å². The van der Waals surface area contributed by atoms with Crippen LogP contribution in [0.3, 0.4) is 0 Å². The van der Waals surface area contributed by atoms with Gasteiger partial charge in [-0.2, -0.15) is 0 Å². The van der Waals surface area contributed by atoms with Crippen LogP contribution in [0.25, 0.3) is 0 Å². The highest BCUT2D eigenvalue weighted by molar-refractivity contribution is 5.78. The molecule has 1 rings (SSSR count). The van der Waals surface area contributed by atoms with Crippen molar-refractivity contribution in [2.75, 3.05) is 0 Å². The average molecular weight is 213 g/mol.